The molecule has 0 atom stereocenters. The van der Waals surface area contributed by atoms with Gasteiger partial charge in [0.05, 0.1) is 12.2 Å². The molecule has 0 radical (unpaired) electrons. The van der Waals surface area contributed by atoms with E-state index in [1.807, 2.05) is 0 Å². The zero-order valence-corrected chi connectivity index (χ0v) is 9.01. The molecule has 2 heterocycles. The minimum absolute atomic E-state index is 0.163. The first-order chi connectivity index (χ1) is 8.20. The Labute approximate surface area is 96.2 Å². The summed E-state index contributed by atoms with van der Waals surface area (Å²) in [7, 11) is 0. The molecular weight excluding hydrogens is 222 g/mol. The number of aromatic amines is 1. The molecule has 2 rings (SSSR count). The van der Waals surface area contributed by atoms with Gasteiger partial charge in [0.1, 0.15) is 6.33 Å². The second-order valence-electron chi connectivity index (χ2n) is 3.38. The van der Waals surface area contributed by atoms with E-state index >= 15 is 0 Å². The van der Waals surface area contributed by atoms with Crippen LogP contribution in [0.4, 0.5) is 0 Å². The highest BCUT2D eigenvalue weighted by molar-refractivity contribution is 5.77. The molecule has 7 nitrogen and oxygen atoms in total. The lowest BCUT2D eigenvalue weighted by molar-refractivity contribution is -0.120. The fourth-order valence-electron chi connectivity index (χ4n) is 1.35. The number of hydrogen-bond donors (Lipinski definition) is 2. The van der Waals surface area contributed by atoms with Gasteiger partial charge in [-0.3, -0.25) is 14.7 Å². The van der Waals surface area contributed by atoms with E-state index in [2.05, 4.69) is 27.0 Å². The molecule has 0 aliphatic heterocycles. The summed E-state index contributed by atoms with van der Waals surface area (Å²) in [6, 6.07) is 1.35. The van der Waals surface area contributed by atoms with Gasteiger partial charge in [0.2, 0.25) is 5.91 Å². The first-order valence-electron chi connectivity index (χ1n) is 5.00. The van der Waals surface area contributed by atoms with Crippen LogP contribution in [0.25, 0.3) is 5.78 Å². The Morgan fingerprint density at radius 2 is 2.47 bits per heavy atom. The van der Waals surface area contributed by atoms with Crippen LogP contribution in [-0.2, 0) is 11.3 Å². The largest absolute Gasteiger partial charge is 0.350 e. The zero-order chi connectivity index (χ0) is 12.3. The summed E-state index contributed by atoms with van der Waals surface area (Å²) < 4.78 is 1.22. The Morgan fingerprint density at radius 1 is 1.65 bits per heavy atom. The van der Waals surface area contributed by atoms with Crippen molar-refractivity contribution < 1.29 is 4.79 Å². The number of carbonyl (C=O) groups is 1. The number of carbonyl (C=O) groups excluding carboxylic acids is 1. The van der Waals surface area contributed by atoms with Crippen LogP contribution in [0.5, 0.6) is 0 Å². The average Bonchev–Trinajstić information content (AvgIpc) is 2.75. The number of nitrogens with one attached hydrogen (secondary N) is 2. The summed E-state index contributed by atoms with van der Waals surface area (Å²) >= 11 is 0. The fraction of sp³-hybridized carbons (Fsp3) is 0.200. The molecule has 0 spiro atoms. The number of H-pyrrole nitrogens is 1. The molecule has 0 bridgehead atoms. The predicted octanol–water partition coefficient (Wildman–Crippen LogP) is -0.390. The van der Waals surface area contributed by atoms with Gasteiger partial charge < -0.3 is 5.32 Å². The average molecular weight is 233 g/mol. The lowest BCUT2D eigenvalue weighted by atomic mass is 10.3. The number of aromatic nitrogens is 4. The van der Waals surface area contributed by atoms with Gasteiger partial charge in [-0.1, -0.05) is 6.08 Å². The number of hydrogen-bond acceptors (Lipinski definition) is 4. The van der Waals surface area contributed by atoms with E-state index in [0.717, 1.165) is 0 Å². The molecule has 7 heteroatoms. The monoisotopic (exact) mass is 233 g/mol. The van der Waals surface area contributed by atoms with Gasteiger partial charge in [-0.05, 0) is 0 Å². The maximum Gasteiger partial charge on any atom is 0.274 e. The van der Waals surface area contributed by atoms with Crippen molar-refractivity contribution in [2.75, 3.05) is 0 Å². The van der Waals surface area contributed by atoms with Gasteiger partial charge in [0.25, 0.3) is 11.3 Å². The smallest absolute Gasteiger partial charge is 0.274 e. The minimum atomic E-state index is -0.263. The third-order valence-corrected chi connectivity index (χ3v) is 2.12. The Kier molecular flexibility index (Phi) is 2.99. The van der Waals surface area contributed by atoms with Crippen LogP contribution in [0.3, 0.4) is 0 Å². The maximum atomic E-state index is 11.6. The molecule has 1 amide bonds. The molecule has 2 N–H and O–H groups in total. The number of nitrogens with zero attached hydrogens (tertiary/aromatic N) is 3. The second kappa shape index (κ2) is 4.60. The second-order valence-corrected chi connectivity index (χ2v) is 3.38. The van der Waals surface area contributed by atoms with E-state index in [0.29, 0.717) is 5.69 Å². The molecule has 0 saturated heterocycles. The van der Waals surface area contributed by atoms with Crippen molar-refractivity contribution in [2.45, 2.75) is 13.0 Å². The topological polar surface area (TPSA) is 92.2 Å². The summed E-state index contributed by atoms with van der Waals surface area (Å²) in [5, 5.41) is 5.26. The predicted molar refractivity (Wildman–Crippen MR) is 60.3 cm³/mol. The van der Waals surface area contributed by atoms with Crippen LogP contribution in [-0.4, -0.2) is 25.5 Å². The van der Waals surface area contributed by atoms with Crippen LogP contribution >= 0.6 is 0 Å². The van der Waals surface area contributed by atoms with Gasteiger partial charge in [-0.15, -0.1) is 6.58 Å². The molecule has 0 aliphatic carbocycles. The van der Waals surface area contributed by atoms with E-state index < -0.39 is 0 Å². The standard InChI is InChI=1S/C10H11N5O2/c1-2-3-8(16)11-5-7-4-9(17)15-10(14-7)12-6-13-15/h2,4,6H,1,3,5H2,(H,11,16)(H,12,13,14). The lowest BCUT2D eigenvalue weighted by Crippen LogP contribution is -2.24. The highest BCUT2D eigenvalue weighted by atomic mass is 16.1. The SMILES string of the molecule is C=CCC(=O)NCc1cc(=O)n2[nH]cnc2n1. The van der Waals surface area contributed by atoms with Crippen LogP contribution < -0.4 is 10.9 Å². The summed E-state index contributed by atoms with van der Waals surface area (Å²) in [5.41, 5.74) is 0.208. The molecule has 2 aromatic rings. The highest BCUT2D eigenvalue weighted by Crippen LogP contribution is 1.94. The van der Waals surface area contributed by atoms with E-state index in [1.54, 1.807) is 0 Å². The van der Waals surface area contributed by atoms with Crippen molar-refractivity contribution in [1.82, 2.24) is 24.9 Å². The van der Waals surface area contributed by atoms with Crippen molar-refractivity contribution in [1.29, 1.82) is 0 Å². The number of rotatable bonds is 4. The molecule has 0 unspecified atom stereocenters. The van der Waals surface area contributed by atoms with Crippen LogP contribution in [0.2, 0.25) is 0 Å². The first kappa shape index (κ1) is 11.1. The van der Waals surface area contributed by atoms with Gasteiger partial charge in [0.15, 0.2) is 0 Å². The van der Waals surface area contributed by atoms with Gasteiger partial charge in [0, 0.05) is 12.5 Å². The Morgan fingerprint density at radius 3 is 3.24 bits per heavy atom. The van der Waals surface area contributed by atoms with Crippen molar-refractivity contribution in [3.8, 4) is 0 Å². The summed E-state index contributed by atoms with van der Waals surface area (Å²) in [5.74, 6) is 0.120. The first-order valence-corrected chi connectivity index (χ1v) is 5.00. The van der Waals surface area contributed by atoms with E-state index in [-0.39, 0.29) is 30.2 Å². The molecule has 17 heavy (non-hydrogen) atoms. The Hall–Kier alpha value is -2.44. The lowest BCUT2D eigenvalue weighted by Gasteiger charge is -2.02. The van der Waals surface area contributed by atoms with Gasteiger partial charge in [-0.2, -0.15) is 4.52 Å². The number of fused-ring (bicyclic) bond motifs is 1. The third kappa shape index (κ3) is 2.39. The van der Waals surface area contributed by atoms with Gasteiger partial charge in [-0.25, -0.2) is 9.97 Å². The molecule has 0 saturated carbocycles. The summed E-state index contributed by atoms with van der Waals surface area (Å²) in [4.78, 5) is 30.7. The Bertz CT molecular complexity index is 612. The molecule has 0 aliphatic rings. The molecule has 0 fully saturated rings. The van der Waals surface area contributed by atoms with E-state index in [4.69, 9.17) is 0 Å². The highest BCUT2D eigenvalue weighted by Gasteiger charge is 2.05. The van der Waals surface area contributed by atoms with Crippen LogP contribution in [0.15, 0.2) is 29.8 Å². The molecular formula is C10H11N5O2. The Balaban J connectivity index is 2.16. The normalized spacial score (nSPS) is 10.4. The molecule has 2 aromatic heterocycles. The maximum absolute atomic E-state index is 11.6. The van der Waals surface area contributed by atoms with Crippen LogP contribution in [0.1, 0.15) is 12.1 Å². The van der Waals surface area contributed by atoms with Crippen molar-refractivity contribution >= 4 is 11.7 Å². The van der Waals surface area contributed by atoms with Crippen molar-refractivity contribution in [3.05, 3.63) is 41.1 Å². The molecule has 88 valence electrons. The van der Waals surface area contributed by atoms with Crippen molar-refractivity contribution in [2.24, 2.45) is 0 Å². The fourth-order valence-corrected chi connectivity index (χ4v) is 1.35. The van der Waals surface area contributed by atoms with Crippen molar-refractivity contribution in [3.63, 3.8) is 0 Å². The third-order valence-electron chi connectivity index (χ3n) is 2.12. The van der Waals surface area contributed by atoms with E-state index in [1.165, 1.54) is 23.0 Å². The number of amides is 1. The zero-order valence-electron chi connectivity index (χ0n) is 9.01. The summed E-state index contributed by atoms with van der Waals surface area (Å²) in [6.07, 6.45) is 3.13. The quantitative estimate of drug-likeness (QED) is 0.703. The van der Waals surface area contributed by atoms with Gasteiger partial charge >= 0.3 is 0 Å². The molecule has 0 aromatic carbocycles. The van der Waals surface area contributed by atoms with E-state index in [9.17, 15) is 9.59 Å². The minimum Gasteiger partial charge on any atom is -0.350 e. The summed E-state index contributed by atoms with van der Waals surface area (Å²) in [6.45, 7) is 3.66. The van der Waals surface area contributed by atoms with Crippen LogP contribution in [0, 0.1) is 0 Å².